The van der Waals surface area contributed by atoms with E-state index in [1.165, 1.54) is 44.7 Å². The van der Waals surface area contributed by atoms with Gasteiger partial charge in [0.25, 0.3) is 0 Å². The first-order chi connectivity index (χ1) is 22.2. The van der Waals surface area contributed by atoms with Crippen LogP contribution in [0.15, 0.2) is 158 Å². The van der Waals surface area contributed by atoms with Gasteiger partial charge in [-0.15, -0.1) is 0 Å². The maximum absolute atomic E-state index is 4.47. The second kappa shape index (κ2) is 16.3. The van der Waals surface area contributed by atoms with Gasteiger partial charge in [0.2, 0.25) is 0 Å². The number of allylic oxidation sites excluding steroid dienone is 9. The highest BCUT2D eigenvalue weighted by molar-refractivity contribution is 5.82. The first-order valence-electron chi connectivity index (χ1n) is 16.2. The summed E-state index contributed by atoms with van der Waals surface area (Å²) in [4.78, 5) is 4.50. The molecule has 0 spiro atoms. The summed E-state index contributed by atoms with van der Waals surface area (Å²) in [6.07, 6.45) is 17.9. The van der Waals surface area contributed by atoms with Gasteiger partial charge in [-0.1, -0.05) is 91.9 Å². The second-order valence-electron chi connectivity index (χ2n) is 11.8. The van der Waals surface area contributed by atoms with Crippen molar-refractivity contribution in [2.75, 3.05) is 9.80 Å². The lowest BCUT2D eigenvalue weighted by Crippen LogP contribution is -2.13. The van der Waals surface area contributed by atoms with Crippen LogP contribution in [-0.4, -0.2) is 0 Å². The number of hydrogen-bond acceptors (Lipinski definition) is 2. The quantitative estimate of drug-likeness (QED) is 0.148. The third-order valence-corrected chi connectivity index (χ3v) is 7.92. The summed E-state index contributed by atoms with van der Waals surface area (Å²) < 4.78 is 0. The molecule has 0 fully saturated rings. The summed E-state index contributed by atoms with van der Waals surface area (Å²) >= 11 is 0. The molecule has 2 heteroatoms. The van der Waals surface area contributed by atoms with Crippen molar-refractivity contribution < 1.29 is 0 Å². The van der Waals surface area contributed by atoms with E-state index in [2.05, 4.69) is 205 Å². The van der Waals surface area contributed by atoms with Crippen LogP contribution in [0.5, 0.6) is 0 Å². The zero-order valence-electron chi connectivity index (χ0n) is 28.6. The van der Waals surface area contributed by atoms with Gasteiger partial charge in [-0.25, -0.2) is 0 Å². The Morgan fingerprint density at radius 2 is 1.28 bits per heavy atom. The van der Waals surface area contributed by atoms with E-state index in [9.17, 15) is 0 Å². The standard InChI is InChI=1S/C44H48N2/c1-9-16-39(25-24-38(8)45(28-12-11-17-33(3)10-2)41-21-13-18-34(4)29-41)40-26-27-44(37(7)32-40)46(42-22-14-19-35(5)30-42)43-23-15-20-36(6)31-43/h10-32H,8-9H2,1-7H3/b17-11-,25-24-,28-12+,33-10-,39-16+. The minimum Gasteiger partial charge on any atom is -0.318 e. The lowest BCUT2D eigenvalue weighted by atomic mass is 9.99. The summed E-state index contributed by atoms with van der Waals surface area (Å²) in [7, 11) is 0. The van der Waals surface area contributed by atoms with Gasteiger partial charge >= 0.3 is 0 Å². The first kappa shape index (κ1) is 33.8. The zero-order valence-corrected chi connectivity index (χ0v) is 28.6. The topological polar surface area (TPSA) is 6.48 Å². The van der Waals surface area contributed by atoms with Crippen molar-refractivity contribution in [3.63, 3.8) is 0 Å². The molecule has 0 saturated carbocycles. The van der Waals surface area contributed by atoms with E-state index in [0.717, 1.165) is 29.2 Å². The van der Waals surface area contributed by atoms with Gasteiger partial charge in [-0.3, -0.25) is 0 Å². The summed E-state index contributed by atoms with van der Waals surface area (Å²) in [6.45, 7) is 19.4. The molecule has 0 radical (unpaired) electrons. The molecule has 0 bridgehead atoms. The van der Waals surface area contributed by atoms with Gasteiger partial charge in [0.05, 0.1) is 0 Å². The SMILES string of the molecule is C=C(/C=C\C(=C/CC)c1ccc(N(c2cccc(C)c2)c2cccc(C)c2)c(C)c1)N(/C=C/C=C\C(C)=C/C)c1cccc(C)c1. The molecule has 0 aromatic heterocycles. The predicted molar refractivity (Wildman–Crippen MR) is 203 cm³/mol. The van der Waals surface area contributed by atoms with E-state index in [-0.39, 0.29) is 0 Å². The minimum absolute atomic E-state index is 0.887. The number of aryl methyl sites for hydroxylation is 4. The van der Waals surface area contributed by atoms with Crippen molar-refractivity contribution >= 4 is 28.3 Å². The fourth-order valence-corrected chi connectivity index (χ4v) is 5.38. The Balaban J connectivity index is 1.68. The van der Waals surface area contributed by atoms with Crippen molar-refractivity contribution in [2.24, 2.45) is 0 Å². The molecule has 4 rings (SSSR count). The molecule has 0 heterocycles. The van der Waals surface area contributed by atoms with E-state index >= 15 is 0 Å². The number of rotatable bonds is 12. The van der Waals surface area contributed by atoms with E-state index < -0.39 is 0 Å². The van der Waals surface area contributed by atoms with Crippen LogP contribution in [0.2, 0.25) is 0 Å². The van der Waals surface area contributed by atoms with Crippen LogP contribution in [-0.2, 0) is 0 Å². The van der Waals surface area contributed by atoms with Crippen LogP contribution in [0.3, 0.4) is 0 Å². The molecule has 46 heavy (non-hydrogen) atoms. The van der Waals surface area contributed by atoms with Gasteiger partial charge < -0.3 is 9.80 Å². The second-order valence-corrected chi connectivity index (χ2v) is 11.8. The average Bonchev–Trinajstić information content (AvgIpc) is 3.03. The molecule has 0 aliphatic carbocycles. The fourth-order valence-electron chi connectivity index (χ4n) is 5.38. The third-order valence-electron chi connectivity index (χ3n) is 7.92. The summed E-state index contributed by atoms with van der Waals surface area (Å²) in [5.74, 6) is 0. The van der Waals surface area contributed by atoms with Crippen LogP contribution in [0.4, 0.5) is 22.7 Å². The van der Waals surface area contributed by atoms with Crippen molar-refractivity contribution in [1.82, 2.24) is 0 Å². The molecule has 0 amide bonds. The van der Waals surface area contributed by atoms with Crippen molar-refractivity contribution in [1.29, 1.82) is 0 Å². The molecule has 4 aromatic carbocycles. The maximum Gasteiger partial charge on any atom is 0.0491 e. The van der Waals surface area contributed by atoms with Crippen molar-refractivity contribution in [3.05, 3.63) is 185 Å². The maximum atomic E-state index is 4.47. The van der Waals surface area contributed by atoms with Crippen molar-refractivity contribution in [2.45, 2.75) is 54.9 Å². The molecule has 234 valence electrons. The highest BCUT2D eigenvalue weighted by Gasteiger charge is 2.16. The number of nitrogens with zero attached hydrogens (tertiary/aromatic N) is 2. The van der Waals surface area contributed by atoms with E-state index in [4.69, 9.17) is 0 Å². The summed E-state index contributed by atoms with van der Waals surface area (Å²) in [5, 5.41) is 0. The van der Waals surface area contributed by atoms with Crippen LogP contribution < -0.4 is 9.80 Å². The Bertz CT molecular complexity index is 1770. The van der Waals surface area contributed by atoms with Gasteiger partial charge in [0.15, 0.2) is 0 Å². The zero-order chi connectivity index (χ0) is 33.1. The largest absolute Gasteiger partial charge is 0.318 e. The normalized spacial score (nSPS) is 12.4. The molecule has 0 unspecified atom stereocenters. The molecule has 2 nitrogen and oxygen atoms in total. The molecule has 0 aliphatic heterocycles. The van der Waals surface area contributed by atoms with Crippen LogP contribution in [0.1, 0.15) is 55.0 Å². The highest BCUT2D eigenvalue weighted by Crippen LogP contribution is 2.38. The van der Waals surface area contributed by atoms with Crippen LogP contribution in [0, 0.1) is 27.7 Å². The Kier molecular flexibility index (Phi) is 12.0. The van der Waals surface area contributed by atoms with Crippen LogP contribution >= 0.6 is 0 Å². The molecule has 0 saturated heterocycles. The highest BCUT2D eigenvalue weighted by atomic mass is 15.1. The van der Waals surface area contributed by atoms with Crippen molar-refractivity contribution in [3.8, 4) is 0 Å². The molecule has 0 aliphatic rings. The molecular weight excluding hydrogens is 556 g/mol. The monoisotopic (exact) mass is 604 g/mol. The van der Waals surface area contributed by atoms with E-state index in [1.807, 2.05) is 0 Å². The number of benzene rings is 4. The summed E-state index contributed by atoms with van der Waals surface area (Å²) in [6, 6.07) is 32.7. The Morgan fingerprint density at radius 3 is 1.83 bits per heavy atom. The average molecular weight is 605 g/mol. The third kappa shape index (κ3) is 8.99. The fraction of sp³-hybridized carbons (Fsp3) is 0.182. The molecule has 4 aromatic rings. The van der Waals surface area contributed by atoms with Gasteiger partial charge in [-0.05, 0) is 142 Å². The smallest absolute Gasteiger partial charge is 0.0491 e. The lowest BCUT2D eigenvalue weighted by Gasteiger charge is -2.28. The van der Waals surface area contributed by atoms with Crippen LogP contribution in [0.25, 0.3) is 5.57 Å². The predicted octanol–water partition coefficient (Wildman–Crippen LogP) is 12.8. The van der Waals surface area contributed by atoms with E-state index in [1.54, 1.807) is 0 Å². The van der Waals surface area contributed by atoms with E-state index in [0.29, 0.717) is 0 Å². The van der Waals surface area contributed by atoms with Gasteiger partial charge in [0, 0.05) is 34.6 Å². The minimum atomic E-state index is 0.887. The number of anilines is 4. The number of hydrogen-bond donors (Lipinski definition) is 0. The molecular formula is C44H48N2. The Morgan fingerprint density at radius 1 is 0.696 bits per heavy atom. The van der Waals surface area contributed by atoms with Gasteiger partial charge in [-0.2, -0.15) is 0 Å². The molecule has 0 N–H and O–H groups in total. The Labute approximate surface area is 277 Å². The Hall–Kier alpha value is -5.08. The first-order valence-corrected chi connectivity index (χ1v) is 16.2. The molecule has 0 atom stereocenters. The summed E-state index contributed by atoms with van der Waals surface area (Å²) in [5.41, 5.74) is 13.9. The lowest BCUT2D eigenvalue weighted by molar-refractivity contribution is 1.20. The van der Waals surface area contributed by atoms with Gasteiger partial charge in [0.1, 0.15) is 0 Å².